The molecule has 0 heterocycles. The summed E-state index contributed by atoms with van der Waals surface area (Å²) in [6.45, 7) is 7.60. The molecule has 4 nitrogen and oxygen atoms in total. The molecule has 0 aliphatic heterocycles. The molecule has 0 unspecified atom stereocenters. The lowest BCUT2D eigenvalue weighted by molar-refractivity contribution is -0.153. The van der Waals surface area contributed by atoms with E-state index in [2.05, 4.69) is 0 Å². The Hall–Kier alpha value is -2.62. The maximum absolute atomic E-state index is 12.2. The Morgan fingerprint density at radius 1 is 0.846 bits per heavy atom. The van der Waals surface area contributed by atoms with E-state index in [1.54, 1.807) is 4.90 Å². The van der Waals surface area contributed by atoms with Crippen LogP contribution < -0.4 is 0 Å². The predicted molar refractivity (Wildman–Crippen MR) is 104 cm³/mol. The molecule has 0 aliphatic carbocycles. The number of ether oxygens (including phenoxy) is 1. The summed E-state index contributed by atoms with van der Waals surface area (Å²) in [5.74, 6) is -0.555. The van der Waals surface area contributed by atoms with Crippen molar-refractivity contribution in [3.8, 4) is 11.1 Å². The van der Waals surface area contributed by atoms with Gasteiger partial charge in [-0.3, -0.25) is 9.59 Å². The van der Waals surface area contributed by atoms with Gasteiger partial charge in [0.2, 0.25) is 0 Å². The van der Waals surface area contributed by atoms with Crippen LogP contribution in [0.3, 0.4) is 0 Å². The van der Waals surface area contributed by atoms with Gasteiger partial charge in [0.1, 0.15) is 0 Å². The standard InChI is InChI=1S/C22H27NO3/c1-16(2)23(17(3)4)21(24)15-26-22(25)14-18-10-12-20(13-11-18)19-8-6-5-7-9-19/h5-13,16-17H,14-15H2,1-4H3. The van der Waals surface area contributed by atoms with Gasteiger partial charge in [0, 0.05) is 12.1 Å². The number of benzene rings is 2. The van der Waals surface area contributed by atoms with Gasteiger partial charge in [-0.15, -0.1) is 0 Å². The van der Waals surface area contributed by atoms with Gasteiger partial charge in [-0.25, -0.2) is 0 Å². The zero-order valence-corrected chi connectivity index (χ0v) is 15.9. The lowest BCUT2D eigenvalue weighted by atomic mass is 10.0. The van der Waals surface area contributed by atoms with E-state index in [4.69, 9.17) is 4.74 Å². The monoisotopic (exact) mass is 353 g/mol. The summed E-state index contributed by atoms with van der Waals surface area (Å²) >= 11 is 0. The van der Waals surface area contributed by atoms with E-state index < -0.39 is 5.97 Å². The summed E-state index contributed by atoms with van der Waals surface area (Å²) in [6, 6.07) is 18.0. The van der Waals surface area contributed by atoms with Gasteiger partial charge < -0.3 is 9.64 Å². The van der Waals surface area contributed by atoms with Crippen molar-refractivity contribution in [2.24, 2.45) is 0 Å². The van der Waals surface area contributed by atoms with Gasteiger partial charge in [-0.05, 0) is 44.4 Å². The number of rotatable bonds is 7. The molecule has 0 aromatic heterocycles. The van der Waals surface area contributed by atoms with Crippen LogP contribution in [0, 0.1) is 0 Å². The number of carbonyl (C=O) groups is 2. The van der Waals surface area contributed by atoms with Crippen molar-refractivity contribution in [3.63, 3.8) is 0 Å². The van der Waals surface area contributed by atoms with Crippen LogP contribution in [0.15, 0.2) is 54.6 Å². The Morgan fingerprint density at radius 2 is 1.38 bits per heavy atom. The molecular formula is C22H27NO3. The third-order valence-corrected chi connectivity index (χ3v) is 4.17. The highest BCUT2D eigenvalue weighted by atomic mass is 16.5. The Morgan fingerprint density at radius 3 is 1.92 bits per heavy atom. The molecule has 0 fully saturated rings. The van der Waals surface area contributed by atoms with E-state index in [1.807, 2.05) is 82.3 Å². The van der Waals surface area contributed by atoms with Gasteiger partial charge in [-0.2, -0.15) is 0 Å². The van der Waals surface area contributed by atoms with E-state index in [0.717, 1.165) is 16.7 Å². The number of esters is 1. The quantitative estimate of drug-likeness (QED) is 0.705. The first-order chi connectivity index (χ1) is 12.4. The maximum Gasteiger partial charge on any atom is 0.310 e. The number of nitrogens with zero attached hydrogens (tertiary/aromatic N) is 1. The van der Waals surface area contributed by atoms with Crippen molar-refractivity contribution in [3.05, 3.63) is 60.2 Å². The topological polar surface area (TPSA) is 46.6 Å². The maximum atomic E-state index is 12.2. The van der Waals surface area contributed by atoms with Crippen molar-refractivity contribution in [1.82, 2.24) is 4.90 Å². The Bertz CT molecular complexity index is 713. The molecule has 0 atom stereocenters. The van der Waals surface area contributed by atoms with Gasteiger partial charge >= 0.3 is 5.97 Å². The molecule has 26 heavy (non-hydrogen) atoms. The Labute approximate surface area is 155 Å². The van der Waals surface area contributed by atoms with Crippen molar-refractivity contribution in [2.45, 2.75) is 46.2 Å². The molecule has 0 bridgehead atoms. The fraction of sp³-hybridized carbons (Fsp3) is 0.364. The van der Waals surface area contributed by atoms with Crippen LogP contribution >= 0.6 is 0 Å². The molecule has 2 aromatic rings. The van der Waals surface area contributed by atoms with Crippen LogP contribution in [-0.4, -0.2) is 35.5 Å². The van der Waals surface area contributed by atoms with Crippen molar-refractivity contribution in [2.75, 3.05) is 6.61 Å². The van der Waals surface area contributed by atoms with Crippen LogP contribution in [0.4, 0.5) is 0 Å². The minimum Gasteiger partial charge on any atom is -0.455 e. The number of hydrogen-bond donors (Lipinski definition) is 0. The molecule has 0 radical (unpaired) electrons. The number of hydrogen-bond acceptors (Lipinski definition) is 3. The second kappa shape index (κ2) is 9.18. The molecule has 0 saturated carbocycles. The molecule has 2 rings (SSSR count). The fourth-order valence-electron chi connectivity index (χ4n) is 3.05. The minimum atomic E-state index is -0.390. The normalized spacial score (nSPS) is 10.8. The van der Waals surface area contributed by atoms with Crippen LogP contribution in [0.5, 0.6) is 0 Å². The molecular weight excluding hydrogens is 326 g/mol. The van der Waals surface area contributed by atoms with Crippen molar-refractivity contribution >= 4 is 11.9 Å². The summed E-state index contributed by atoms with van der Waals surface area (Å²) in [6.07, 6.45) is 0.158. The summed E-state index contributed by atoms with van der Waals surface area (Å²) < 4.78 is 5.17. The summed E-state index contributed by atoms with van der Waals surface area (Å²) in [4.78, 5) is 26.0. The Balaban J connectivity index is 1.89. The van der Waals surface area contributed by atoms with Gasteiger partial charge in [0.15, 0.2) is 6.61 Å². The highest BCUT2D eigenvalue weighted by Gasteiger charge is 2.21. The zero-order chi connectivity index (χ0) is 19.1. The fourth-order valence-corrected chi connectivity index (χ4v) is 3.05. The van der Waals surface area contributed by atoms with E-state index in [-0.39, 0.29) is 31.0 Å². The average Bonchev–Trinajstić information content (AvgIpc) is 2.61. The highest BCUT2D eigenvalue weighted by Crippen LogP contribution is 2.19. The van der Waals surface area contributed by atoms with Gasteiger partial charge in [0.05, 0.1) is 6.42 Å². The zero-order valence-electron chi connectivity index (χ0n) is 15.9. The smallest absolute Gasteiger partial charge is 0.310 e. The van der Waals surface area contributed by atoms with Crippen LogP contribution in [0.25, 0.3) is 11.1 Å². The lowest BCUT2D eigenvalue weighted by Gasteiger charge is -2.30. The summed E-state index contributed by atoms with van der Waals surface area (Å²) in [7, 11) is 0. The molecule has 1 amide bonds. The molecule has 138 valence electrons. The second-order valence-electron chi connectivity index (χ2n) is 6.89. The predicted octanol–water partition coefficient (Wildman–Crippen LogP) is 4.08. The van der Waals surface area contributed by atoms with Gasteiger partial charge in [0.25, 0.3) is 5.91 Å². The largest absolute Gasteiger partial charge is 0.455 e. The molecule has 0 spiro atoms. The van der Waals surface area contributed by atoms with E-state index >= 15 is 0 Å². The molecule has 0 aliphatic rings. The van der Waals surface area contributed by atoms with Crippen LogP contribution in [0.1, 0.15) is 33.3 Å². The third-order valence-electron chi connectivity index (χ3n) is 4.17. The van der Waals surface area contributed by atoms with E-state index in [9.17, 15) is 9.59 Å². The van der Waals surface area contributed by atoms with Crippen molar-refractivity contribution < 1.29 is 14.3 Å². The number of amides is 1. The molecule has 4 heteroatoms. The SMILES string of the molecule is CC(C)N(C(=O)COC(=O)Cc1ccc(-c2ccccc2)cc1)C(C)C. The molecule has 0 saturated heterocycles. The minimum absolute atomic E-state index is 0.0757. The first-order valence-corrected chi connectivity index (χ1v) is 8.99. The van der Waals surface area contributed by atoms with E-state index in [0.29, 0.717) is 0 Å². The Kier molecular flexibility index (Phi) is 6.96. The first-order valence-electron chi connectivity index (χ1n) is 8.99. The van der Waals surface area contributed by atoms with Crippen LogP contribution in [0.2, 0.25) is 0 Å². The lowest BCUT2D eigenvalue weighted by Crippen LogP contribution is -2.44. The first kappa shape index (κ1) is 19.7. The average molecular weight is 353 g/mol. The van der Waals surface area contributed by atoms with Crippen LogP contribution in [-0.2, 0) is 20.7 Å². The van der Waals surface area contributed by atoms with E-state index in [1.165, 1.54) is 0 Å². The molecule has 0 N–H and O–H groups in total. The summed E-state index contributed by atoms with van der Waals surface area (Å²) in [5, 5.41) is 0. The van der Waals surface area contributed by atoms with Gasteiger partial charge in [-0.1, -0.05) is 54.6 Å². The van der Waals surface area contributed by atoms with Crippen molar-refractivity contribution in [1.29, 1.82) is 0 Å². The second-order valence-corrected chi connectivity index (χ2v) is 6.89. The third kappa shape index (κ3) is 5.45. The molecule has 2 aromatic carbocycles. The summed E-state index contributed by atoms with van der Waals surface area (Å²) in [5.41, 5.74) is 3.10. The highest BCUT2D eigenvalue weighted by molar-refractivity contribution is 5.81. The number of carbonyl (C=O) groups excluding carboxylic acids is 2.